The minimum atomic E-state index is 0.220. The summed E-state index contributed by atoms with van der Waals surface area (Å²) >= 11 is 13.8. The van der Waals surface area contributed by atoms with Crippen LogP contribution in [-0.2, 0) is 0 Å². The largest absolute Gasteiger partial charge is 0.326 e. The van der Waals surface area contributed by atoms with E-state index in [0.717, 1.165) is 10.6 Å². The van der Waals surface area contributed by atoms with Crippen molar-refractivity contribution in [3.8, 4) is 0 Å². The van der Waals surface area contributed by atoms with E-state index in [1.54, 1.807) is 41.9 Å². The number of benzene rings is 2. The molecule has 0 atom stereocenters. The summed E-state index contributed by atoms with van der Waals surface area (Å²) in [5.41, 5.74) is 1.54. The molecule has 2 aromatic rings. The molecule has 2 N–H and O–H groups in total. The van der Waals surface area contributed by atoms with Gasteiger partial charge >= 0.3 is 0 Å². The highest BCUT2D eigenvalue weighted by atomic mass is 35.5. The van der Waals surface area contributed by atoms with Crippen LogP contribution < -0.4 is 10.2 Å². The van der Waals surface area contributed by atoms with E-state index in [2.05, 4.69) is 5.32 Å². The Morgan fingerprint density at radius 3 is 2.67 bits per heavy atom. The maximum atomic E-state index is 8.17. The maximum absolute atomic E-state index is 8.17. The van der Waals surface area contributed by atoms with Gasteiger partial charge in [0.25, 0.3) is 0 Å². The first kappa shape index (κ1) is 16.0. The van der Waals surface area contributed by atoms with E-state index in [0.29, 0.717) is 15.7 Å². The monoisotopic (exact) mass is 339 g/mol. The Balaban J connectivity index is 2.17. The van der Waals surface area contributed by atoms with Crippen LogP contribution in [0.5, 0.6) is 0 Å². The Morgan fingerprint density at radius 2 is 1.95 bits per heavy atom. The van der Waals surface area contributed by atoms with Crippen molar-refractivity contribution in [3.63, 3.8) is 0 Å². The first-order chi connectivity index (χ1) is 10.0. The molecule has 0 heterocycles. The van der Waals surface area contributed by atoms with E-state index in [9.17, 15) is 0 Å². The molecule has 0 saturated carbocycles. The number of nitrogens with zero attached hydrogens (tertiary/aromatic N) is 1. The molecule has 0 unspecified atom stereocenters. The average molecular weight is 340 g/mol. The molecular weight excluding hydrogens is 325 g/mol. The fraction of sp³-hybridized carbons (Fsp3) is 0.133. The molecule has 0 radical (unpaired) electrons. The number of thioether (sulfide) groups is 1. The Bertz CT molecular complexity index is 661. The van der Waals surface area contributed by atoms with E-state index in [4.69, 9.17) is 28.6 Å². The first-order valence-corrected chi connectivity index (χ1v) is 8.17. The predicted octanol–water partition coefficient (Wildman–Crippen LogP) is 5.20. The van der Waals surface area contributed by atoms with Crippen LogP contribution in [0.25, 0.3) is 0 Å². The lowest BCUT2D eigenvalue weighted by Gasteiger charge is -2.22. The van der Waals surface area contributed by atoms with Gasteiger partial charge < -0.3 is 10.2 Å². The number of hydrogen-bond acceptors (Lipinski definition) is 2. The second-order valence-corrected chi connectivity index (χ2v) is 6.08. The van der Waals surface area contributed by atoms with E-state index < -0.39 is 0 Å². The van der Waals surface area contributed by atoms with Gasteiger partial charge in [0.2, 0.25) is 0 Å². The van der Waals surface area contributed by atoms with Gasteiger partial charge in [-0.2, -0.15) is 0 Å². The number of anilines is 2. The van der Waals surface area contributed by atoms with Crippen molar-refractivity contribution in [2.75, 3.05) is 23.5 Å². The summed E-state index contributed by atoms with van der Waals surface area (Å²) in [5.74, 6) is 0.220. The van der Waals surface area contributed by atoms with Gasteiger partial charge in [-0.05, 0) is 42.7 Å². The molecular formula is C15H15Cl2N3S. The molecule has 0 amide bonds. The molecule has 21 heavy (non-hydrogen) atoms. The summed E-state index contributed by atoms with van der Waals surface area (Å²) in [5, 5.41) is 12.4. The average Bonchev–Trinajstić information content (AvgIpc) is 2.49. The fourth-order valence-electron chi connectivity index (χ4n) is 1.78. The van der Waals surface area contributed by atoms with Crippen LogP contribution in [0, 0.1) is 5.41 Å². The number of halogens is 2. The number of guanidine groups is 1. The predicted molar refractivity (Wildman–Crippen MR) is 94.4 cm³/mol. The van der Waals surface area contributed by atoms with Crippen LogP contribution in [0.2, 0.25) is 10.0 Å². The second-order valence-electron chi connectivity index (χ2n) is 4.36. The quantitative estimate of drug-likeness (QED) is 0.458. The van der Waals surface area contributed by atoms with Crippen molar-refractivity contribution in [1.82, 2.24) is 0 Å². The summed E-state index contributed by atoms with van der Waals surface area (Å²) < 4.78 is 0. The normalized spacial score (nSPS) is 10.3. The van der Waals surface area contributed by atoms with E-state index >= 15 is 0 Å². The fourth-order valence-corrected chi connectivity index (χ4v) is 2.65. The zero-order chi connectivity index (χ0) is 15.4. The van der Waals surface area contributed by atoms with E-state index in [1.807, 2.05) is 30.5 Å². The van der Waals surface area contributed by atoms with Crippen molar-refractivity contribution in [2.24, 2.45) is 0 Å². The van der Waals surface area contributed by atoms with Crippen molar-refractivity contribution < 1.29 is 0 Å². The Hall–Kier alpha value is -1.36. The molecule has 2 rings (SSSR count). The Morgan fingerprint density at radius 1 is 1.19 bits per heavy atom. The van der Waals surface area contributed by atoms with Crippen molar-refractivity contribution in [3.05, 3.63) is 52.5 Å². The molecule has 0 aliphatic carbocycles. The summed E-state index contributed by atoms with van der Waals surface area (Å²) in [6.07, 6.45) is 2.02. The minimum Gasteiger partial charge on any atom is -0.326 e. The SMILES string of the molecule is CSc1cccc(NC(=N)N(C)c2cc(Cl)ccc2Cl)c1. The smallest absolute Gasteiger partial charge is 0.199 e. The van der Waals surface area contributed by atoms with Crippen LogP contribution in [0.3, 0.4) is 0 Å². The zero-order valence-electron chi connectivity index (χ0n) is 11.7. The van der Waals surface area contributed by atoms with Crippen LogP contribution in [0.15, 0.2) is 47.4 Å². The topological polar surface area (TPSA) is 39.1 Å². The molecule has 0 aliphatic rings. The zero-order valence-corrected chi connectivity index (χ0v) is 14.0. The Labute approximate surface area is 138 Å². The van der Waals surface area contributed by atoms with Crippen LogP contribution >= 0.6 is 35.0 Å². The standard InChI is InChI=1S/C15H15Cl2N3S/c1-20(14-8-10(16)6-7-13(14)17)15(18)19-11-4-3-5-12(9-11)21-2/h3-9H,1-2H3,(H2,18,19). The maximum Gasteiger partial charge on any atom is 0.199 e. The lowest BCUT2D eigenvalue weighted by atomic mass is 10.3. The summed E-state index contributed by atoms with van der Waals surface area (Å²) in [7, 11) is 1.77. The molecule has 0 aliphatic heterocycles. The van der Waals surface area contributed by atoms with Gasteiger partial charge in [0.05, 0.1) is 10.7 Å². The minimum absolute atomic E-state index is 0.220. The Kier molecular flexibility index (Phi) is 5.39. The van der Waals surface area contributed by atoms with Gasteiger partial charge in [0.1, 0.15) is 0 Å². The summed E-state index contributed by atoms with van der Waals surface area (Å²) in [4.78, 5) is 2.79. The van der Waals surface area contributed by atoms with E-state index in [-0.39, 0.29) is 5.96 Å². The third-order valence-electron chi connectivity index (χ3n) is 2.94. The molecule has 110 valence electrons. The van der Waals surface area contributed by atoms with Gasteiger partial charge in [-0.25, -0.2) is 0 Å². The molecule has 0 spiro atoms. The molecule has 0 bridgehead atoms. The highest BCUT2D eigenvalue weighted by molar-refractivity contribution is 7.98. The highest BCUT2D eigenvalue weighted by Crippen LogP contribution is 2.28. The van der Waals surface area contributed by atoms with Gasteiger partial charge in [-0.1, -0.05) is 29.3 Å². The van der Waals surface area contributed by atoms with Crippen LogP contribution in [0.1, 0.15) is 0 Å². The van der Waals surface area contributed by atoms with Crippen molar-refractivity contribution in [2.45, 2.75) is 4.90 Å². The van der Waals surface area contributed by atoms with Crippen LogP contribution in [0.4, 0.5) is 11.4 Å². The van der Waals surface area contributed by atoms with Crippen molar-refractivity contribution in [1.29, 1.82) is 5.41 Å². The van der Waals surface area contributed by atoms with E-state index in [1.165, 1.54) is 0 Å². The molecule has 0 saturated heterocycles. The first-order valence-electron chi connectivity index (χ1n) is 6.19. The van der Waals surface area contributed by atoms with Gasteiger partial charge in [0.15, 0.2) is 5.96 Å². The summed E-state index contributed by atoms with van der Waals surface area (Å²) in [6, 6.07) is 13.1. The number of nitrogens with one attached hydrogen (secondary N) is 2. The van der Waals surface area contributed by atoms with Gasteiger partial charge in [-0.3, -0.25) is 5.41 Å². The molecule has 0 aromatic heterocycles. The van der Waals surface area contributed by atoms with Crippen LogP contribution in [-0.4, -0.2) is 19.3 Å². The number of rotatable bonds is 3. The third kappa shape index (κ3) is 4.06. The molecule has 0 fully saturated rings. The lowest BCUT2D eigenvalue weighted by Crippen LogP contribution is -2.32. The van der Waals surface area contributed by atoms with Crippen molar-refractivity contribution >= 4 is 52.3 Å². The van der Waals surface area contributed by atoms with Gasteiger partial charge in [-0.15, -0.1) is 11.8 Å². The second kappa shape index (κ2) is 7.07. The molecule has 6 heteroatoms. The van der Waals surface area contributed by atoms with Gasteiger partial charge in [0, 0.05) is 22.7 Å². The molecule has 3 nitrogen and oxygen atoms in total. The lowest BCUT2D eigenvalue weighted by molar-refractivity contribution is 1.21. The highest BCUT2D eigenvalue weighted by Gasteiger charge is 2.12. The molecule has 2 aromatic carbocycles. The summed E-state index contributed by atoms with van der Waals surface area (Å²) in [6.45, 7) is 0. The third-order valence-corrected chi connectivity index (χ3v) is 4.22. The number of hydrogen-bond donors (Lipinski definition) is 2.